The summed E-state index contributed by atoms with van der Waals surface area (Å²) in [6.45, 7) is 5.65. The van der Waals surface area contributed by atoms with Crippen molar-refractivity contribution < 1.29 is 4.79 Å². The molecule has 0 spiro atoms. The van der Waals surface area contributed by atoms with Crippen LogP contribution in [-0.2, 0) is 13.0 Å². The van der Waals surface area contributed by atoms with Gasteiger partial charge in [0.2, 0.25) is 0 Å². The summed E-state index contributed by atoms with van der Waals surface area (Å²) >= 11 is 7.70. The van der Waals surface area contributed by atoms with Crippen LogP contribution in [-0.4, -0.2) is 80.4 Å². The Morgan fingerprint density at radius 2 is 1.97 bits per heavy atom. The van der Waals surface area contributed by atoms with E-state index in [0.717, 1.165) is 67.1 Å². The number of hydrogen-bond acceptors (Lipinski definition) is 4. The van der Waals surface area contributed by atoms with E-state index in [1.165, 1.54) is 4.88 Å². The van der Waals surface area contributed by atoms with Crippen molar-refractivity contribution >= 4 is 34.8 Å². The Morgan fingerprint density at radius 3 is 2.60 bits per heavy atom. The molecule has 0 bridgehead atoms. The minimum Gasteiger partial charge on any atom is -0.356 e. The van der Waals surface area contributed by atoms with Gasteiger partial charge in [-0.3, -0.25) is 14.7 Å². The van der Waals surface area contributed by atoms with Crippen LogP contribution in [0.4, 0.5) is 0 Å². The smallest absolute Gasteiger partial charge is 0.253 e. The minimum atomic E-state index is 0.0308. The third-order valence-corrected chi connectivity index (χ3v) is 6.38. The molecule has 1 aromatic carbocycles. The van der Waals surface area contributed by atoms with Crippen LogP contribution >= 0.6 is 22.9 Å². The zero-order valence-corrected chi connectivity index (χ0v) is 19.5. The second-order valence-electron chi connectivity index (χ2n) is 7.59. The van der Waals surface area contributed by atoms with Gasteiger partial charge >= 0.3 is 0 Å². The van der Waals surface area contributed by atoms with Gasteiger partial charge in [-0.05, 0) is 36.2 Å². The third kappa shape index (κ3) is 6.20. The Hall–Kier alpha value is -2.09. The highest BCUT2D eigenvalue weighted by atomic mass is 35.5. The predicted octanol–water partition coefficient (Wildman–Crippen LogP) is 3.04. The monoisotopic (exact) mass is 447 g/mol. The topological polar surface area (TPSA) is 51.2 Å². The van der Waals surface area contributed by atoms with E-state index in [1.54, 1.807) is 30.3 Å². The van der Waals surface area contributed by atoms with Gasteiger partial charge in [-0.2, -0.15) is 0 Å². The Kier molecular flexibility index (Phi) is 8.13. The Labute approximate surface area is 188 Å². The lowest BCUT2D eigenvalue weighted by Crippen LogP contribution is -2.52. The lowest BCUT2D eigenvalue weighted by Gasteiger charge is -2.36. The van der Waals surface area contributed by atoms with Crippen molar-refractivity contribution in [2.24, 2.45) is 4.99 Å². The molecule has 0 unspecified atom stereocenters. The third-order valence-electron chi connectivity index (χ3n) is 5.17. The summed E-state index contributed by atoms with van der Waals surface area (Å²) in [5.41, 5.74) is 1.87. The maximum atomic E-state index is 12.1. The van der Waals surface area contributed by atoms with E-state index >= 15 is 0 Å². The lowest BCUT2D eigenvalue weighted by atomic mass is 10.1. The number of piperazine rings is 1. The van der Waals surface area contributed by atoms with E-state index in [9.17, 15) is 4.79 Å². The van der Waals surface area contributed by atoms with Crippen LogP contribution in [0.1, 0.15) is 20.8 Å². The van der Waals surface area contributed by atoms with Crippen LogP contribution < -0.4 is 5.32 Å². The van der Waals surface area contributed by atoms with Crippen molar-refractivity contribution in [2.75, 3.05) is 53.9 Å². The molecule has 162 valence electrons. The van der Waals surface area contributed by atoms with Gasteiger partial charge in [-0.15, -0.1) is 11.3 Å². The van der Waals surface area contributed by atoms with Crippen molar-refractivity contribution in [2.45, 2.75) is 13.0 Å². The quantitative estimate of drug-likeness (QED) is 0.546. The summed E-state index contributed by atoms with van der Waals surface area (Å²) < 4.78 is 0.852. The van der Waals surface area contributed by atoms with Gasteiger partial charge in [-0.1, -0.05) is 23.7 Å². The average molecular weight is 448 g/mol. The number of hydrogen-bond donors (Lipinski definition) is 1. The highest BCUT2D eigenvalue weighted by molar-refractivity contribution is 7.16. The number of rotatable bonds is 6. The molecule has 1 N–H and O–H groups in total. The molecule has 1 aliphatic heterocycles. The average Bonchev–Trinajstić information content (AvgIpc) is 3.16. The Morgan fingerprint density at radius 1 is 1.20 bits per heavy atom. The lowest BCUT2D eigenvalue weighted by molar-refractivity contribution is 0.0827. The number of halogens is 1. The molecule has 3 rings (SSSR count). The molecule has 1 aromatic heterocycles. The maximum absolute atomic E-state index is 12.1. The van der Waals surface area contributed by atoms with Crippen molar-refractivity contribution in [1.82, 2.24) is 20.0 Å². The van der Waals surface area contributed by atoms with Gasteiger partial charge < -0.3 is 15.1 Å². The number of amides is 1. The molecule has 30 heavy (non-hydrogen) atoms. The first-order valence-electron chi connectivity index (χ1n) is 10.2. The Bertz CT molecular complexity index is 874. The summed E-state index contributed by atoms with van der Waals surface area (Å²) in [6, 6.07) is 11.9. The maximum Gasteiger partial charge on any atom is 0.253 e. The van der Waals surface area contributed by atoms with E-state index in [2.05, 4.69) is 32.2 Å². The molecule has 8 heteroatoms. The number of aliphatic imine (C=N–C) groups is 1. The SMILES string of the molecule is CN=C(NCCc1cccc(C(=O)N(C)C)c1)N1CCN(Cc2ccc(Cl)s2)CC1. The largest absolute Gasteiger partial charge is 0.356 e. The molecular weight excluding hydrogens is 418 g/mol. The van der Waals surface area contributed by atoms with Crippen LogP contribution in [0.5, 0.6) is 0 Å². The summed E-state index contributed by atoms with van der Waals surface area (Å²) in [6.07, 6.45) is 0.840. The van der Waals surface area contributed by atoms with Crippen molar-refractivity contribution in [3.8, 4) is 0 Å². The van der Waals surface area contributed by atoms with Crippen LogP contribution in [0, 0.1) is 0 Å². The zero-order chi connectivity index (χ0) is 21.5. The second kappa shape index (κ2) is 10.8. The number of nitrogens with zero attached hydrogens (tertiary/aromatic N) is 4. The van der Waals surface area contributed by atoms with Gasteiger partial charge in [0.05, 0.1) is 4.34 Å². The number of carbonyl (C=O) groups excluding carboxylic acids is 1. The van der Waals surface area contributed by atoms with E-state index in [1.807, 2.05) is 31.3 Å². The molecule has 2 aromatic rings. The first kappa shape index (κ1) is 22.6. The van der Waals surface area contributed by atoms with Crippen LogP contribution in [0.2, 0.25) is 4.34 Å². The molecule has 1 saturated heterocycles. The van der Waals surface area contributed by atoms with Crippen molar-refractivity contribution in [3.05, 3.63) is 56.7 Å². The highest BCUT2D eigenvalue weighted by Gasteiger charge is 2.20. The fourth-order valence-electron chi connectivity index (χ4n) is 3.54. The highest BCUT2D eigenvalue weighted by Crippen LogP contribution is 2.23. The fourth-order valence-corrected chi connectivity index (χ4v) is 4.67. The van der Waals surface area contributed by atoms with Crippen LogP contribution in [0.3, 0.4) is 0 Å². The summed E-state index contributed by atoms with van der Waals surface area (Å²) in [7, 11) is 5.38. The van der Waals surface area contributed by atoms with Crippen LogP contribution in [0.15, 0.2) is 41.4 Å². The summed E-state index contributed by atoms with van der Waals surface area (Å²) in [5.74, 6) is 0.970. The molecule has 2 heterocycles. The second-order valence-corrected chi connectivity index (χ2v) is 9.39. The predicted molar refractivity (Wildman–Crippen MR) is 126 cm³/mol. The van der Waals surface area contributed by atoms with E-state index in [4.69, 9.17) is 11.6 Å². The molecule has 1 amide bonds. The fraction of sp³-hybridized carbons (Fsp3) is 0.455. The molecule has 0 radical (unpaired) electrons. The van der Waals surface area contributed by atoms with E-state index < -0.39 is 0 Å². The molecule has 6 nitrogen and oxygen atoms in total. The van der Waals surface area contributed by atoms with Gasteiger partial charge in [0.25, 0.3) is 5.91 Å². The zero-order valence-electron chi connectivity index (χ0n) is 17.9. The number of thiophene rings is 1. The van der Waals surface area contributed by atoms with E-state index in [0.29, 0.717) is 0 Å². The molecule has 0 aliphatic carbocycles. The molecular formula is C22H30ClN5OS. The van der Waals surface area contributed by atoms with Gasteiger partial charge in [-0.25, -0.2) is 0 Å². The van der Waals surface area contributed by atoms with Gasteiger partial charge in [0.15, 0.2) is 5.96 Å². The number of nitrogens with one attached hydrogen (secondary N) is 1. The first-order valence-corrected chi connectivity index (χ1v) is 11.4. The minimum absolute atomic E-state index is 0.0308. The van der Waals surface area contributed by atoms with Crippen LogP contribution in [0.25, 0.3) is 0 Å². The van der Waals surface area contributed by atoms with Gasteiger partial charge in [0, 0.05) is 70.9 Å². The Balaban J connectivity index is 1.45. The normalized spacial score (nSPS) is 15.3. The molecule has 0 saturated carbocycles. The number of guanidine groups is 1. The standard InChI is InChI=1S/C22H30ClN5OS/c1-24-22(25-10-9-17-5-4-6-18(15-17)21(29)26(2)3)28-13-11-27(12-14-28)16-19-7-8-20(23)30-19/h4-8,15H,9-14,16H2,1-3H3,(H,24,25). The number of carbonyl (C=O) groups is 1. The molecule has 0 atom stereocenters. The van der Waals surface area contributed by atoms with Crippen molar-refractivity contribution in [3.63, 3.8) is 0 Å². The van der Waals surface area contributed by atoms with Gasteiger partial charge in [0.1, 0.15) is 0 Å². The molecule has 1 aliphatic rings. The van der Waals surface area contributed by atoms with E-state index in [-0.39, 0.29) is 5.91 Å². The first-order chi connectivity index (χ1) is 14.5. The molecule has 1 fully saturated rings. The summed E-state index contributed by atoms with van der Waals surface area (Å²) in [4.78, 5) is 24.3. The summed E-state index contributed by atoms with van der Waals surface area (Å²) in [5, 5.41) is 3.47. The number of benzene rings is 1. The van der Waals surface area contributed by atoms with Crippen molar-refractivity contribution in [1.29, 1.82) is 0 Å².